The van der Waals surface area contributed by atoms with E-state index in [0.29, 0.717) is 62.0 Å². The Hall–Kier alpha value is -6.19. The average Bonchev–Trinajstić information content (AvgIpc) is 3.33. The molecule has 1 heterocycles. The number of esters is 4. The van der Waals surface area contributed by atoms with Gasteiger partial charge in [-0.15, -0.1) is 0 Å². The van der Waals surface area contributed by atoms with Crippen molar-refractivity contribution >= 4 is 23.9 Å². The first-order valence-corrected chi connectivity index (χ1v) is 23.9. The minimum atomic E-state index is -0.608. The van der Waals surface area contributed by atoms with Crippen LogP contribution in [0.3, 0.4) is 0 Å². The summed E-state index contributed by atoms with van der Waals surface area (Å²) in [6, 6.07) is 24.7. The number of unbranched alkanes of at least 4 members (excludes halogenated alkanes) is 2. The van der Waals surface area contributed by atoms with Crippen LogP contribution in [0.15, 0.2) is 78.9 Å². The predicted octanol–water partition coefficient (Wildman–Crippen LogP) is 8.63. The molecule has 0 aliphatic heterocycles. The van der Waals surface area contributed by atoms with Crippen molar-refractivity contribution in [3.05, 3.63) is 113 Å². The number of rotatable bonds is 31. The molecule has 0 atom stereocenters. The van der Waals surface area contributed by atoms with E-state index in [1.165, 1.54) is 7.11 Å². The zero-order valence-electron chi connectivity index (χ0n) is 42.0. The summed E-state index contributed by atoms with van der Waals surface area (Å²) >= 11 is 0. The van der Waals surface area contributed by atoms with Crippen LogP contribution in [0.5, 0.6) is 23.0 Å². The van der Waals surface area contributed by atoms with Crippen LogP contribution in [0.25, 0.3) is 0 Å². The number of carbonyl (C=O) groups excluding carboxylic acids is 4. The molecule has 4 aromatic rings. The molecule has 0 saturated heterocycles. The van der Waals surface area contributed by atoms with Crippen LogP contribution in [0.2, 0.25) is 0 Å². The number of aromatic nitrogens is 1. The van der Waals surface area contributed by atoms with E-state index in [1.807, 2.05) is 123 Å². The van der Waals surface area contributed by atoms with Gasteiger partial charge in [-0.2, -0.15) is 0 Å². The van der Waals surface area contributed by atoms with Gasteiger partial charge in [0.15, 0.2) is 0 Å². The third kappa shape index (κ3) is 21.3. The highest BCUT2D eigenvalue weighted by Crippen LogP contribution is 2.26. The molecule has 0 unspecified atom stereocenters. The highest BCUT2D eigenvalue weighted by molar-refractivity contribution is 5.72. The number of nitrogens with zero attached hydrogens (tertiary/aromatic N) is 3. The molecule has 1 aromatic heterocycles. The van der Waals surface area contributed by atoms with Gasteiger partial charge in [0.2, 0.25) is 0 Å². The number of aryl methyl sites for hydroxylation is 2. The van der Waals surface area contributed by atoms with Gasteiger partial charge < -0.3 is 37.9 Å². The summed E-state index contributed by atoms with van der Waals surface area (Å²) < 4.78 is 45.3. The van der Waals surface area contributed by atoms with Crippen LogP contribution in [0.1, 0.15) is 107 Å². The minimum Gasteiger partial charge on any atom is -0.497 e. The van der Waals surface area contributed by atoms with Gasteiger partial charge in [0, 0.05) is 50.3 Å². The minimum absolute atomic E-state index is 0.0456. The van der Waals surface area contributed by atoms with E-state index in [0.717, 1.165) is 59.4 Å². The van der Waals surface area contributed by atoms with E-state index in [2.05, 4.69) is 0 Å². The van der Waals surface area contributed by atoms with Crippen LogP contribution >= 0.6 is 0 Å². The maximum absolute atomic E-state index is 13.5. The number of benzene rings is 3. The SMILES string of the molecule is CCCCOC(=O)CN(CCN(CC(=O)OCCCC)Cc1nc(CCC(=O)OC)ccc1OCc1ccc(OC)cc1)Cc1cc(CCC(=O)OC(C)(C)C)ccc1OCc1ccc(OC)cc1. The summed E-state index contributed by atoms with van der Waals surface area (Å²) in [6.45, 7) is 11.6. The molecule has 15 nitrogen and oxygen atoms in total. The average molecular weight is 956 g/mol. The van der Waals surface area contributed by atoms with E-state index >= 15 is 0 Å². The first kappa shape index (κ1) is 55.4. The molecule has 4 rings (SSSR count). The quantitative estimate of drug-likeness (QED) is 0.0268. The van der Waals surface area contributed by atoms with Gasteiger partial charge in [0.25, 0.3) is 0 Å². The van der Waals surface area contributed by atoms with Crippen molar-refractivity contribution < 1.29 is 57.1 Å². The Labute approximate surface area is 408 Å². The Morgan fingerprint density at radius 2 is 1.09 bits per heavy atom. The van der Waals surface area contributed by atoms with Crippen molar-refractivity contribution in [2.45, 2.75) is 118 Å². The lowest BCUT2D eigenvalue weighted by Gasteiger charge is -2.28. The molecular weight excluding hydrogens is 883 g/mol. The van der Waals surface area contributed by atoms with E-state index in [9.17, 15) is 19.2 Å². The Morgan fingerprint density at radius 1 is 0.580 bits per heavy atom. The Kier molecular flexibility index (Phi) is 23.8. The van der Waals surface area contributed by atoms with Crippen molar-refractivity contribution in [2.24, 2.45) is 0 Å². The van der Waals surface area contributed by atoms with Crippen LogP contribution in [0, 0.1) is 0 Å². The fourth-order valence-electron chi connectivity index (χ4n) is 6.99. The second kappa shape index (κ2) is 29.6. The molecule has 0 bridgehead atoms. The summed E-state index contributed by atoms with van der Waals surface area (Å²) in [4.78, 5) is 60.8. The maximum Gasteiger partial charge on any atom is 0.320 e. The number of hydrogen-bond donors (Lipinski definition) is 0. The van der Waals surface area contributed by atoms with Crippen LogP contribution in [-0.4, -0.2) is 105 Å². The van der Waals surface area contributed by atoms with Crippen molar-refractivity contribution in [1.82, 2.24) is 14.8 Å². The Bertz CT molecular complexity index is 2190. The lowest BCUT2D eigenvalue weighted by molar-refractivity contribution is -0.155. The molecule has 0 fully saturated rings. The fraction of sp³-hybridized carbons (Fsp3) is 0.500. The van der Waals surface area contributed by atoms with Gasteiger partial charge in [-0.1, -0.05) is 63.1 Å². The first-order valence-electron chi connectivity index (χ1n) is 23.9. The van der Waals surface area contributed by atoms with Crippen molar-refractivity contribution in [3.63, 3.8) is 0 Å². The Morgan fingerprint density at radius 3 is 1.61 bits per heavy atom. The standard InChI is InChI=1S/C54H73N3O12/c1-9-11-31-65-52(60)36-56(34-43-33-40(18-27-51(59)69-54(3,4)5)17-25-48(43)67-38-41-13-21-45(62-6)22-14-41)29-30-57(37-53(61)66-32-12-10-2)35-47-49(26-19-44(55-47)20-28-50(58)64-8)68-39-42-15-23-46(63-7)24-16-42/h13-17,19,21-26,33H,9-12,18,20,27-32,34-39H2,1-8H3. The first-order chi connectivity index (χ1) is 33.2. The molecule has 0 spiro atoms. The van der Waals surface area contributed by atoms with Crippen molar-refractivity contribution in [2.75, 3.05) is 60.7 Å². The summed E-state index contributed by atoms with van der Waals surface area (Å²) in [6.07, 6.45) is 4.29. The van der Waals surface area contributed by atoms with E-state index in [1.54, 1.807) is 14.2 Å². The number of ether oxygens (including phenoxy) is 8. The molecule has 376 valence electrons. The zero-order valence-corrected chi connectivity index (χ0v) is 42.0. The summed E-state index contributed by atoms with van der Waals surface area (Å²) in [5.74, 6) is 1.14. The normalized spacial score (nSPS) is 11.3. The predicted molar refractivity (Wildman–Crippen MR) is 262 cm³/mol. The third-order valence-corrected chi connectivity index (χ3v) is 10.8. The van der Waals surface area contributed by atoms with E-state index in [-0.39, 0.29) is 70.1 Å². The van der Waals surface area contributed by atoms with Gasteiger partial charge in [-0.3, -0.25) is 34.0 Å². The van der Waals surface area contributed by atoms with Crippen LogP contribution in [0.4, 0.5) is 0 Å². The summed E-state index contributed by atoms with van der Waals surface area (Å²) in [5, 5.41) is 0. The lowest BCUT2D eigenvalue weighted by Crippen LogP contribution is -2.40. The lowest BCUT2D eigenvalue weighted by atomic mass is 10.0. The van der Waals surface area contributed by atoms with Gasteiger partial charge in [-0.05, 0) is 99.2 Å². The smallest absolute Gasteiger partial charge is 0.320 e. The zero-order chi connectivity index (χ0) is 50.0. The van der Waals surface area contributed by atoms with Gasteiger partial charge in [-0.25, -0.2) is 0 Å². The summed E-state index contributed by atoms with van der Waals surface area (Å²) in [5.41, 5.74) is 4.15. The largest absolute Gasteiger partial charge is 0.497 e. The molecule has 0 N–H and O–H groups in total. The maximum atomic E-state index is 13.5. The molecule has 0 amide bonds. The third-order valence-electron chi connectivity index (χ3n) is 10.8. The second-order valence-corrected chi connectivity index (χ2v) is 17.7. The van der Waals surface area contributed by atoms with E-state index < -0.39 is 11.6 Å². The molecule has 0 aliphatic carbocycles. The number of carbonyl (C=O) groups is 4. The molecule has 15 heteroatoms. The number of hydrogen-bond acceptors (Lipinski definition) is 15. The highest BCUT2D eigenvalue weighted by atomic mass is 16.6. The second-order valence-electron chi connectivity index (χ2n) is 17.7. The highest BCUT2D eigenvalue weighted by Gasteiger charge is 2.22. The molecule has 0 saturated carbocycles. The van der Waals surface area contributed by atoms with Crippen LogP contribution in [-0.2, 0) is 77.3 Å². The summed E-state index contributed by atoms with van der Waals surface area (Å²) in [7, 11) is 4.58. The number of pyridine rings is 1. The molecule has 0 aliphatic rings. The monoisotopic (exact) mass is 956 g/mol. The van der Waals surface area contributed by atoms with Crippen LogP contribution < -0.4 is 18.9 Å². The topological polar surface area (TPSA) is 161 Å². The van der Waals surface area contributed by atoms with Gasteiger partial charge in [0.05, 0.1) is 59.7 Å². The van der Waals surface area contributed by atoms with Crippen molar-refractivity contribution in [3.8, 4) is 23.0 Å². The van der Waals surface area contributed by atoms with Crippen molar-refractivity contribution in [1.29, 1.82) is 0 Å². The molecular formula is C54H73N3O12. The molecule has 0 radical (unpaired) electrons. The number of methoxy groups -OCH3 is 3. The van der Waals surface area contributed by atoms with Gasteiger partial charge in [0.1, 0.15) is 41.8 Å². The fourth-order valence-corrected chi connectivity index (χ4v) is 6.99. The van der Waals surface area contributed by atoms with E-state index in [4.69, 9.17) is 42.9 Å². The van der Waals surface area contributed by atoms with Gasteiger partial charge >= 0.3 is 23.9 Å². The molecule has 3 aromatic carbocycles. The molecule has 69 heavy (non-hydrogen) atoms. The Balaban J connectivity index is 1.69.